The van der Waals surface area contributed by atoms with Crippen molar-refractivity contribution in [3.05, 3.63) is 59.2 Å². The summed E-state index contributed by atoms with van der Waals surface area (Å²) in [5, 5.41) is 0. The number of hydrogen-bond donors (Lipinski definition) is 1. The molecule has 0 spiro atoms. The first kappa shape index (κ1) is 13.2. The van der Waals surface area contributed by atoms with E-state index >= 15 is 0 Å². The largest absolute Gasteiger partial charge is 0.280 e. The molecule has 4 heteroatoms. The van der Waals surface area contributed by atoms with Crippen LogP contribution in [0.4, 0.5) is 5.69 Å². The normalized spacial score (nSPS) is 14.1. The highest BCUT2D eigenvalue weighted by atomic mass is 32.2. The molecule has 0 bridgehead atoms. The molecule has 1 aliphatic rings. The minimum atomic E-state index is -3.50. The summed E-state index contributed by atoms with van der Waals surface area (Å²) in [5.41, 5.74) is 4.07. The summed E-state index contributed by atoms with van der Waals surface area (Å²) in [4.78, 5) is 0.347. The lowest BCUT2D eigenvalue weighted by atomic mass is 10.1. The van der Waals surface area contributed by atoms with Crippen molar-refractivity contribution in [2.24, 2.45) is 0 Å². The van der Waals surface area contributed by atoms with Crippen molar-refractivity contribution in [3.63, 3.8) is 0 Å². The lowest BCUT2D eigenvalue weighted by Crippen LogP contribution is -2.13. The standard InChI is InChI=1S/C16H17NO2S/c1-12-4-2-7-15(10-12)17-20(18,19)16-9-8-13-5-3-6-14(13)11-16/h2,4,7-11,17H,3,5-6H2,1H3. The minimum Gasteiger partial charge on any atom is -0.280 e. The molecule has 1 aliphatic carbocycles. The van der Waals surface area contributed by atoms with Gasteiger partial charge in [0.15, 0.2) is 0 Å². The van der Waals surface area contributed by atoms with Crippen LogP contribution in [0.3, 0.4) is 0 Å². The van der Waals surface area contributed by atoms with E-state index in [1.54, 1.807) is 18.2 Å². The molecule has 0 aromatic heterocycles. The van der Waals surface area contributed by atoms with Gasteiger partial charge >= 0.3 is 0 Å². The Kier molecular flexibility index (Phi) is 3.26. The lowest BCUT2D eigenvalue weighted by molar-refractivity contribution is 0.601. The van der Waals surface area contributed by atoms with Gasteiger partial charge in [-0.15, -0.1) is 0 Å². The molecule has 104 valence electrons. The van der Waals surface area contributed by atoms with Crippen molar-refractivity contribution in [1.29, 1.82) is 0 Å². The van der Waals surface area contributed by atoms with Gasteiger partial charge in [0, 0.05) is 5.69 Å². The van der Waals surface area contributed by atoms with Gasteiger partial charge in [-0.3, -0.25) is 4.72 Å². The maximum absolute atomic E-state index is 12.4. The van der Waals surface area contributed by atoms with E-state index in [1.807, 2.05) is 31.2 Å². The first-order chi connectivity index (χ1) is 9.54. The van der Waals surface area contributed by atoms with Gasteiger partial charge in [0.1, 0.15) is 0 Å². The Morgan fingerprint density at radius 3 is 2.60 bits per heavy atom. The molecule has 2 aromatic rings. The zero-order chi connectivity index (χ0) is 14.2. The smallest absolute Gasteiger partial charge is 0.261 e. The fourth-order valence-electron chi connectivity index (χ4n) is 2.64. The van der Waals surface area contributed by atoms with Gasteiger partial charge in [0.2, 0.25) is 0 Å². The van der Waals surface area contributed by atoms with Crippen LogP contribution in [-0.2, 0) is 22.9 Å². The highest BCUT2D eigenvalue weighted by Gasteiger charge is 2.18. The zero-order valence-electron chi connectivity index (χ0n) is 11.4. The van der Waals surface area contributed by atoms with Gasteiger partial charge < -0.3 is 0 Å². The molecule has 20 heavy (non-hydrogen) atoms. The SMILES string of the molecule is Cc1cccc(NS(=O)(=O)c2ccc3c(c2)CCC3)c1. The molecule has 2 aromatic carbocycles. The van der Waals surface area contributed by atoms with E-state index in [-0.39, 0.29) is 0 Å². The number of hydrogen-bond acceptors (Lipinski definition) is 2. The second-order valence-corrected chi connectivity index (χ2v) is 6.94. The molecule has 0 unspecified atom stereocenters. The molecule has 0 saturated carbocycles. The molecule has 0 atom stereocenters. The molecule has 0 amide bonds. The van der Waals surface area contributed by atoms with Gasteiger partial charge in [-0.1, -0.05) is 18.2 Å². The summed E-state index contributed by atoms with van der Waals surface area (Å²) in [6, 6.07) is 12.8. The van der Waals surface area contributed by atoms with Crippen LogP contribution in [0.2, 0.25) is 0 Å². The van der Waals surface area contributed by atoms with Crippen LogP contribution in [0.5, 0.6) is 0 Å². The molecule has 0 radical (unpaired) electrons. The third-order valence-corrected chi connectivity index (χ3v) is 5.03. The molecule has 0 heterocycles. The Morgan fingerprint density at radius 2 is 1.80 bits per heavy atom. The van der Waals surface area contributed by atoms with E-state index in [4.69, 9.17) is 0 Å². The third-order valence-electron chi connectivity index (χ3n) is 3.65. The molecular formula is C16H17NO2S. The molecule has 3 nitrogen and oxygen atoms in total. The van der Waals surface area contributed by atoms with Crippen LogP contribution in [-0.4, -0.2) is 8.42 Å². The quantitative estimate of drug-likeness (QED) is 0.941. The van der Waals surface area contributed by atoms with E-state index in [1.165, 1.54) is 5.56 Å². The Hall–Kier alpha value is -1.81. The number of rotatable bonds is 3. The van der Waals surface area contributed by atoms with Gasteiger partial charge in [0.25, 0.3) is 10.0 Å². The summed E-state index contributed by atoms with van der Waals surface area (Å²) < 4.78 is 27.4. The van der Waals surface area contributed by atoms with Crippen molar-refractivity contribution in [3.8, 4) is 0 Å². The summed E-state index contributed by atoms with van der Waals surface area (Å²) in [6.45, 7) is 1.94. The first-order valence-corrected chi connectivity index (χ1v) is 8.24. The van der Waals surface area contributed by atoms with Crippen LogP contribution in [0.25, 0.3) is 0 Å². The van der Waals surface area contributed by atoms with Crippen molar-refractivity contribution in [1.82, 2.24) is 0 Å². The molecular weight excluding hydrogens is 270 g/mol. The Labute approximate surface area is 119 Å². The maximum Gasteiger partial charge on any atom is 0.261 e. The van der Waals surface area contributed by atoms with Gasteiger partial charge in [-0.2, -0.15) is 0 Å². The van der Waals surface area contributed by atoms with E-state index in [0.29, 0.717) is 10.6 Å². The summed E-state index contributed by atoms with van der Waals surface area (Å²) >= 11 is 0. The van der Waals surface area contributed by atoms with Gasteiger partial charge in [-0.25, -0.2) is 8.42 Å². The van der Waals surface area contributed by atoms with E-state index in [9.17, 15) is 8.42 Å². The van der Waals surface area contributed by atoms with Crippen molar-refractivity contribution in [2.45, 2.75) is 31.1 Å². The number of nitrogens with one attached hydrogen (secondary N) is 1. The molecule has 1 N–H and O–H groups in total. The van der Waals surface area contributed by atoms with Crippen molar-refractivity contribution in [2.75, 3.05) is 4.72 Å². The highest BCUT2D eigenvalue weighted by molar-refractivity contribution is 7.92. The van der Waals surface area contributed by atoms with E-state index < -0.39 is 10.0 Å². The number of anilines is 1. The topological polar surface area (TPSA) is 46.2 Å². The van der Waals surface area contributed by atoms with Crippen LogP contribution < -0.4 is 4.72 Å². The predicted octanol–water partition coefficient (Wildman–Crippen LogP) is 3.28. The first-order valence-electron chi connectivity index (χ1n) is 6.76. The Balaban J connectivity index is 1.92. The zero-order valence-corrected chi connectivity index (χ0v) is 12.2. The third kappa shape index (κ3) is 2.56. The van der Waals surface area contributed by atoms with Crippen LogP contribution >= 0.6 is 0 Å². The minimum absolute atomic E-state index is 0.347. The number of benzene rings is 2. The van der Waals surface area contributed by atoms with Crippen molar-refractivity contribution >= 4 is 15.7 Å². The predicted molar refractivity (Wildman–Crippen MR) is 80.5 cm³/mol. The number of aryl methyl sites for hydroxylation is 3. The summed E-state index contributed by atoms with van der Waals surface area (Å²) in [5.74, 6) is 0. The van der Waals surface area contributed by atoms with Crippen LogP contribution in [0.15, 0.2) is 47.4 Å². The molecule has 0 saturated heterocycles. The highest BCUT2D eigenvalue weighted by Crippen LogP contribution is 2.25. The fourth-order valence-corrected chi connectivity index (χ4v) is 3.74. The average Bonchev–Trinajstić information content (AvgIpc) is 2.85. The molecule has 3 rings (SSSR count). The van der Waals surface area contributed by atoms with Crippen LogP contribution in [0, 0.1) is 6.92 Å². The lowest BCUT2D eigenvalue weighted by Gasteiger charge is -2.10. The van der Waals surface area contributed by atoms with E-state index in [2.05, 4.69) is 4.72 Å². The second kappa shape index (κ2) is 4.94. The average molecular weight is 287 g/mol. The number of sulfonamides is 1. The van der Waals surface area contributed by atoms with Crippen LogP contribution in [0.1, 0.15) is 23.1 Å². The summed E-state index contributed by atoms with van der Waals surface area (Å²) in [6.07, 6.45) is 3.15. The van der Waals surface area contributed by atoms with Gasteiger partial charge in [-0.05, 0) is 67.1 Å². The monoisotopic (exact) mass is 287 g/mol. The number of fused-ring (bicyclic) bond motifs is 1. The van der Waals surface area contributed by atoms with Gasteiger partial charge in [0.05, 0.1) is 4.90 Å². The summed E-state index contributed by atoms with van der Waals surface area (Å²) in [7, 11) is -3.50. The molecule has 0 fully saturated rings. The maximum atomic E-state index is 12.4. The Bertz CT molecular complexity index is 751. The fraction of sp³-hybridized carbons (Fsp3) is 0.250. The van der Waals surface area contributed by atoms with Crippen molar-refractivity contribution < 1.29 is 8.42 Å². The molecule has 0 aliphatic heterocycles. The Morgan fingerprint density at radius 1 is 1.00 bits per heavy atom. The second-order valence-electron chi connectivity index (χ2n) is 5.26. The van der Waals surface area contributed by atoms with E-state index in [0.717, 1.165) is 30.4 Å².